The summed E-state index contributed by atoms with van der Waals surface area (Å²) in [5.74, 6) is -1.92. The van der Waals surface area contributed by atoms with Crippen LogP contribution in [-0.4, -0.2) is 17.7 Å². The molecule has 0 saturated heterocycles. The fraction of sp³-hybridized carbons (Fsp3) is 0.0278. The molecule has 0 aliphatic carbocycles. The van der Waals surface area contributed by atoms with Gasteiger partial charge in [0.05, 0.1) is 5.02 Å². The minimum absolute atomic E-state index is 0.0220. The van der Waals surface area contributed by atoms with Gasteiger partial charge in [0.15, 0.2) is 0 Å². The topological polar surface area (TPSA) is 87.3 Å². The standard InChI is InChI=1S/C36H26Cl2FN3O3S/c37-26-16-14-23(15-17-26)20-32(42-34(43)25-10-5-2-6-11-25)35(44)40-27-12-7-13-29(21-27)46-33(24-8-3-1-4-9-24)36(45)41-28-18-19-31(39)30(38)22-28/h1-22,33H,(H,40,44)(H,41,45)(H,42,43)/b32-20-. The van der Waals surface area contributed by atoms with Crippen molar-refractivity contribution in [3.05, 3.63) is 166 Å². The first-order chi connectivity index (χ1) is 22.2. The molecular formula is C36H26Cl2FN3O3S. The lowest BCUT2D eigenvalue weighted by atomic mass is 10.1. The van der Waals surface area contributed by atoms with Crippen LogP contribution in [0, 0.1) is 5.82 Å². The largest absolute Gasteiger partial charge is 0.325 e. The molecule has 0 aromatic heterocycles. The van der Waals surface area contributed by atoms with Crippen molar-refractivity contribution >= 4 is 70.1 Å². The van der Waals surface area contributed by atoms with E-state index in [1.807, 2.05) is 36.4 Å². The number of hydrogen-bond acceptors (Lipinski definition) is 4. The van der Waals surface area contributed by atoms with Crippen LogP contribution < -0.4 is 16.0 Å². The molecule has 1 unspecified atom stereocenters. The monoisotopic (exact) mass is 669 g/mol. The summed E-state index contributed by atoms with van der Waals surface area (Å²) in [6.07, 6.45) is 1.56. The third-order valence-corrected chi connectivity index (χ3v) is 8.37. The summed E-state index contributed by atoms with van der Waals surface area (Å²) in [5.41, 5.74) is 2.62. The minimum atomic E-state index is -0.693. The van der Waals surface area contributed by atoms with Gasteiger partial charge in [-0.05, 0) is 77.9 Å². The van der Waals surface area contributed by atoms with Gasteiger partial charge in [-0.3, -0.25) is 14.4 Å². The van der Waals surface area contributed by atoms with Crippen LogP contribution in [0.1, 0.15) is 26.7 Å². The lowest BCUT2D eigenvalue weighted by Gasteiger charge is -2.18. The Morgan fingerprint density at radius 2 is 1.39 bits per heavy atom. The van der Waals surface area contributed by atoms with Crippen LogP contribution in [0.2, 0.25) is 10.0 Å². The maximum atomic E-state index is 13.7. The molecule has 5 aromatic rings. The van der Waals surface area contributed by atoms with Crippen molar-refractivity contribution in [3.8, 4) is 0 Å². The van der Waals surface area contributed by atoms with Gasteiger partial charge in [0.25, 0.3) is 11.8 Å². The predicted molar refractivity (Wildman–Crippen MR) is 183 cm³/mol. The molecule has 5 aromatic carbocycles. The van der Waals surface area contributed by atoms with Crippen LogP contribution >= 0.6 is 35.0 Å². The number of halogens is 3. The highest BCUT2D eigenvalue weighted by Gasteiger charge is 2.23. The molecule has 5 rings (SSSR count). The van der Waals surface area contributed by atoms with Gasteiger partial charge in [0.1, 0.15) is 16.8 Å². The fourth-order valence-electron chi connectivity index (χ4n) is 4.33. The molecule has 0 spiro atoms. The van der Waals surface area contributed by atoms with Crippen molar-refractivity contribution < 1.29 is 18.8 Å². The van der Waals surface area contributed by atoms with Crippen molar-refractivity contribution in [1.82, 2.24) is 5.32 Å². The Kier molecular flexibility index (Phi) is 10.9. The van der Waals surface area contributed by atoms with Gasteiger partial charge in [-0.25, -0.2) is 4.39 Å². The first kappa shape index (κ1) is 32.5. The SMILES string of the molecule is O=C(Nc1cccc(SC(C(=O)Nc2ccc(F)c(Cl)c2)c2ccccc2)c1)/C(=C/c1ccc(Cl)cc1)NC(=O)c1ccccc1. The van der Waals surface area contributed by atoms with Gasteiger partial charge in [0, 0.05) is 26.9 Å². The van der Waals surface area contributed by atoms with E-state index in [0.29, 0.717) is 32.4 Å². The summed E-state index contributed by atoms with van der Waals surface area (Å²) in [6, 6.07) is 35.6. The van der Waals surface area contributed by atoms with Crippen LogP contribution in [0.4, 0.5) is 15.8 Å². The second-order valence-corrected chi connectivity index (χ2v) is 12.0. The number of carbonyl (C=O) groups is 3. The molecule has 0 heterocycles. The van der Waals surface area contributed by atoms with Gasteiger partial charge in [0.2, 0.25) is 5.91 Å². The van der Waals surface area contributed by atoms with Crippen molar-refractivity contribution in [2.75, 3.05) is 10.6 Å². The molecule has 0 fully saturated rings. The quantitative estimate of drug-likeness (QED) is 0.102. The molecule has 46 heavy (non-hydrogen) atoms. The smallest absolute Gasteiger partial charge is 0.272 e. The summed E-state index contributed by atoms with van der Waals surface area (Å²) in [7, 11) is 0. The first-order valence-electron chi connectivity index (χ1n) is 14.0. The molecule has 6 nitrogen and oxygen atoms in total. The van der Waals surface area contributed by atoms with Gasteiger partial charge in [-0.2, -0.15) is 0 Å². The van der Waals surface area contributed by atoms with E-state index >= 15 is 0 Å². The zero-order valence-electron chi connectivity index (χ0n) is 24.0. The summed E-state index contributed by atoms with van der Waals surface area (Å²) in [5, 5.41) is 8.12. The van der Waals surface area contributed by atoms with Crippen LogP contribution in [0.25, 0.3) is 6.08 Å². The maximum absolute atomic E-state index is 13.7. The van der Waals surface area contributed by atoms with Gasteiger partial charge < -0.3 is 16.0 Å². The summed E-state index contributed by atoms with van der Waals surface area (Å²) < 4.78 is 13.7. The number of rotatable bonds is 10. The molecule has 230 valence electrons. The molecule has 3 amide bonds. The van der Waals surface area contributed by atoms with E-state index in [1.165, 1.54) is 30.0 Å². The molecule has 0 aliphatic heterocycles. The van der Waals surface area contributed by atoms with Crippen molar-refractivity contribution in [2.24, 2.45) is 0 Å². The molecule has 10 heteroatoms. The Balaban J connectivity index is 1.37. The number of amides is 3. The van der Waals surface area contributed by atoms with E-state index in [4.69, 9.17) is 23.2 Å². The lowest BCUT2D eigenvalue weighted by Crippen LogP contribution is -2.30. The average molecular weight is 671 g/mol. The fourth-order valence-corrected chi connectivity index (χ4v) is 5.72. The Hall–Kier alpha value is -4.89. The van der Waals surface area contributed by atoms with E-state index in [2.05, 4.69) is 16.0 Å². The average Bonchev–Trinajstić information content (AvgIpc) is 3.07. The summed E-state index contributed by atoms with van der Waals surface area (Å²) in [6.45, 7) is 0. The number of carbonyl (C=O) groups excluding carboxylic acids is 3. The number of anilines is 2. The van der Waals surface area contributed by atoms with Crippen LogP contribution in [0.5, 0.6) is 0 Å². The number of thioether (sulfide) groups is 1. The van der Waals surface area contributed by atoms with Crippen LogP contribution in [-0.2, 0) is 9.59 Å². The van der Waals surface area contributed by atoms with E-state index in [9.17, 15) is 18.8 Å². The molecule has 0 radical (unpaired) electrons. The number of nitrogens with one attached hydrogen (secondary N) is 3. The van der Waals surface area contributed by atoms with Gasteiger partial charge >= 0.3 is 0 Å². The van der Waals surface area contributed by atoms with Gasteiger partial charge in [-0.1, -0.05) is 89.9 Å². The van der Waals surface area contributed by atoms with E-state index in [1.54, 1.807) is 78.9 Å². The van der Waals surface area contributed by atoms with Gasteiger partial charge in [-0.15, -0.1) is 11.8 Å². The molecule has 0 bridgehead atoms. The summed E-state index contributed by atoms with van der Waals surface area (Å²) in [4.78, 5) is 40.7. The van der Waals surface area contributed by atoms with Crippen LogP contribution in [0.3, 0.4) is 0 Å². The minimum Gasteiger partial charge on any atom is -0.325 e. The first-order valence-corrected chi connectivity index (χ1v) is 15.6. The Bertz CT molecular complexity index is 1890. The maximum Gasteiger partial charge on any atom is 0.272 e. The van der Waals surface area contributed by atoms with E-state index in [0.717, 1.165) is 5.56 Å². The molecule has 0 saturated carbocycles. The predicted octanol–water partition coefficient (Wildman–Crippen LogP) is 9.01. The second-order valence-electron chi connectivity index (χ2n) is 9.94. The normalized spacial score (nSPS) is 11.8. The molecule has 1 atom stereocenters. The Morgan fingerprint density at radius 3 is 2.09 bits per heavy atom. The summed E-state index contributed by atoms with van der Waals surface area (Å²) >= 11 is 13.2. The zero-order valence-corrected chi connectivity index (χ0v) is 26.4. The van der Waals surface area contributed by atoms with E-state index in [-0.39, 0.29) is 16.6 Å². The number of benzene rings is 5. The second kappa shape index (κ2) is 15.4. The highest BCUT2D eigenvalue weighted by atomic mass is 35.5. The zero-order chi connectivity index (χ0) is 32.5. The number of hydrogen-bond donors (Lipinski definition) is 3. The highest BCUT2D eigenvalue weighted by Crippen LogP contribution is 2.37. The van der Waals surface area contributed by atoms with Crippen molar-refractivity contribution in [1.29, 1.82) is 0 Å². The van der Waals surface area contributed by atoms with E-state index < -0.39 is 22.9 Å². The lowest BCUT2D eigenvalue weighted by molar-refractivity contribution is -0.116. The van der Waals surface area contributed by atoms with Crippen molar-refractivity contribution in [3.63, 3.8) is 0 Å². The third kappa shape index (κ3) is 8.85. The molecule has 0 aliphatic rings. The van der Waals surface area contributed by atoms with Crippen LogP contribution in [0.15, 0.2) is 138 Å². The van der Waals surface area contributed by atoms with Crippen molar-refractivity contribution in [2.45, 2.75) is 10.1 Å². The Morgan fingerprint density at radius 1 is 0.717 bits per heavy atom. The highest BCUT2D eigenvalue weighted by molar-refractivity contribution is 8.00. The Labute approximate surface area is 279 Å². The molecular weight excluding hydrogens is 644 g/mol. The molecule has 3 N–H and O–H groups in total. The third-order valence-electron chi connectivity index (χ3n) is 6.58.